The number of hydrogen-bond donors (Lipinski definition) is 2. The van der Waals surface area contributed by atoms with Gasteiger partial charge in [0.25, 0.3) is 5.91 Å². The van der Waals surface area contributed by atoms with Crippen molar-refractivity contribution in [1.29, 1.82) is 0 Å². The van der Waals surface area contributed by atoms with Crippen molar-refractivity contribution in [3.05, 3.63) is 54.1 Å². The molecule has 2 aromatic rings. The first-order valence-corrected chi connectivity index (χ1v) is 9.88. The third-order valence-corrected chi connectivity index (χ3v) is 3.94. The molecule has 2 rings (SSSR count). The quantitative estimate of drug-likeness (QED) is 0.704. The standard InChI is InChI=1S/C18H22N2O4S/c1-3-4-13-24-17-11-5-14(6-12-17)18(21)19-15-7-9-16(10-8-15)20-25(2,22)23/h5-12,20H,3-4,13H2,1-2H3,(H,19,21). The second-order valence-electron chi connectivity index (χ2n) is 5.63. The Balaban J connectivity index is 1.95. The Labute approximate surface area is 148 Å². The van der Waals surface area contributed by atoms with E-state index in [-0.39, 0.29) is 5.91 Å². The van der Waals surface area contributed by atoms with Crippen molar-refractivity contribution in [1.82, 2.24) is 0 Å². The van der Waals surface area contributed by atoms with Gasteiger partial charge < -0.3 is 10.1 Å². The van der Waals surface area contributed by atoms with Crippen LogP contribution in [0.4, 0.5) is 11.4 Å². The molecule has 2 N–H and O–H groups in total. The van der Waals surface area contributed by atoms with Crippen LogP contribution in [-0.2, 0) is 10.0 Å². The zero-order chi connectivity index (χ0) is 18.3. The molecule has 0 atom stereocenters. The number of nitrogens with one attached hydrogen (secondary N) is 2. The van der Waals surface area contributed by atoms with Gasteiger partial charge in [0.15, 0.2) is 0 Å². The van der Waals surface area contributed by atoms with E-state index in [9.17, 15) is 13.2 Å². The molecule has 7 heteroatoms. The van der Waals surface area contributed by atoms with Crippen molar-refractivity contribution in [3.8, 4) is 5.75 Å². The number of carbonyl (C=O) groups is 1. The Morgan fingerprint density at radius 3 is 2.16 bits per heavy atom. The van der Waals surface area contributed by atoms with Gasteiger partial charge in [0.1, 0.15) is 5.75 Å². The molecule has 0 fully saturated rings. The number of unbranched alkanes of at least 4 members (excludes halogenated alkanes) is 1. The van der Waals surface area contributed by atoms with Crippen LogP contribution in [0.3, 0.4) is 0 Å². The first-order valence-electron chi connectivity index (χ1n) is 7.99. The molecule has 0 aliphatic carbocycles. The third-order valence-electron chi connectivity index (χ3n) is 3.33. The van der Waals surface area contributed by atoms with Gasteiger partial charge >= 0.3 is 0 Å². The van der Waals surface area contributed by atoms with E-state index in [1.54, 1.807) is 48.5 Å². The van der Waals surface area contributed by atoms with Crippen molar-refractivity contribution in [2.24, 2.45) is 0 Å². The first-order chi connectivity index (χ1) is 11.9. The monoisotopic (exact) mass is 362 g/mol. The average molecular weight is 362 g/mol. The normalized spacial score (nSPS) is 11.0. The highest BCUT2D eigenvalue weighted by atomic mass is 32.2. The molecule has 0 heterocycles. The van der Waals surface area contributed by atoms with Crippen LogP contribution in [0.15, 0.2) is 48.5 Å². The lowest BCUT2D eigenvalue weighted by Crippen LogP contribution is -2.12. The summed E-state index contributed by atoms with van der Waals surface area (Å²) in [7, 11) is -3.32. The fraction of sp³-hybridized carbons (Fsp3) is 0.278. The van der Waals surface area contributed by atoms with E-state index in [1.165, 1.54) is 0 Å². The zero-order valence-electron chi connectivity index (χ0n) is 14.3. The summed E-state index contributed by atoms with van der Waals surface area (Å²) in [5.41, 5.74) is 1.53. The van der Waals surface area contributed by atoms with Crippen molar-refractivity contribution >= 4 is 27.3 Å². The molecule has 0 unspecified atom stereocenters. The predicted octanol–water partition coefficient (Wildman–Crippen LogP) is 3.49. The number of hydrogen-bond acceptors (Lipinski definition) is 4. The van der Waals surface area contributed by atoms with E-state index in [0.29, 0.717) is 23.5 Å². The number of sulfonamides is 1. The van der Waals surface area contributed by atoms with Crippen molar-refractivity contribution in [2.45, 2.75) is 19.8 Å². The maximum absolute atomic E-state index is 12.2. The summed E-state index contributed by atoms with van der Waals surface area (Å²) < 4.78 is 30.3. The van der Waals surface area contributed by atoms with E-state index < -0.39 is 10.0 Å². The Bertz CT molecular complexity index is 800. The van der Waals surface area contributed by atoms with Gasteiger partial charge in [-0.05, 0) is 55.0 Å². The summed E-state index contributed by atoms with van der Waals surface area (Å²) in [6.07, 6.45) is 3.14. The van der Waals surface area contributed by atoms with E-state index >= 15 is 0 Å². The molecule has 0 spiro atoms. The predicted molar refractivity (Wildman–Crippen MR) is 99.7 cm³/mol. The third kappa shape index (κ3) is 6.46. The minimum atomic E-state index is -3.32. The van der Waals surface area contributed by atoms with Gasteiger partial charge in [-0.25, -0.2) is 8.42 Å². The molecule has 0 bridgehead atoms. The SMILES string of the molecule is CCCCOc1ccc(C(=O)Nc2ccc(NS(C)(=O)=O)cc2)cc1. The summed E-state index contributed by atoms with van der Waals surface area (Å²) in [5, 5.41) is 2.76. The molecule has 1 amide bonds. The summed E-state index contributed by atoms with van der Waals surface area (Å²) >= 11 is 0. The van der Waals surface area contributed by atoms with Crippen molar-refractivity contribution in [2.75, 3.05) is 22.9 Å². The highest BCUT2D eigenvalue weighted by molar-refractivity contribution is 7.92. The summed E-state index contributed by atoms with van der Waals surface area (Å²) in [5.74, 6) is 0.491. The van der Waals surface area contributed by atoms with Gasteiger partial charge in [0, 0.05) is 16.9 Å². The summed E-state index contributed by atoms with van der Waals surface area (Å²) in [6.45, 7) is 2.76. The molecule has 0 saturated carbocycles. The van der Waals surface area contributed by atoms with Crippen LogP contribution in [-0.4, -0.2) is 27.2 Å². The highest BCUT2D eigenvalue weighted by Crippen LogP contribution is 2.17. The second-order valence-corrected chi connectivity index (χ2v) is 7.38. The molecule has 25 heavy (non-hydrogen) atoms. The van der Waals surface area contributed by atoms with Gasteiger partial charge in [0.05, 0.1) is 12.9 Å². The minimum absolute atomic E-state index is 0.246. The molecule has 0 aliphatic rings. The summed E-state index contributed by atoms with van der Waals surface area (Å²) in [4.78, 5) is 12.2. The minimum Gasteiger partial charge on any atom is -0.494 e. The van der Waals surface area contributed by atoms with Gasteiger partial charge in [-0.2, -0.15) is 0 Å². The lowest BCUT2D eigenvalue weighted by molar-refractivity contribution is 0.102. The Morgan fingerprint density at radius 2 is 1.60 bits per heavy atom. The molecule has 0 radical (unpaired) electrons. The van der Waals surface area contributed by atoms with E-state index in [0.717, 1.165) is 24.8 Å². The largest absolute Gasteiger partial charge is 0.494 e. The lowest BCUT2D eigenvalue weighted by atomic mass is 10.2. The number of ether oxygens (including phenoxy) is 1. The molecule has 0 aliphatic heterocycles. The molecule has 0 saturated heterocycles. The smallest absolute Gasteiger partial charge is 0.255 e. The number of anilines is 2. The molecule has 6 nitrogen and oxygen atoms in total. The maximum atomic E-state index is 12.2. The van der Waals surface area contributed by atoms with Gasteiger partial charge in [-0.1, -0.05) is 13.3 Å². The number of rotatable bonds is 8. The van der Waals surface area contributed by atoms with Crippen LogP contribution in [0.2, 0.25) is 0 Å². The van der Waals surface area contributed by atoms with Crippen LogP contribution in [0, 0.1) is 0 Å². The van der Waals surface area contributed by atoms with Crippen LogP contribution >= 0.6 is 0 Å². The summed E-state index contributed by atoms with van der Waals surface area (Å²) in [6, 6.07) is 13.4. The Morgan fingerprint density at radius 1 is 1.00 bits per heavy atom. The highest BCUT2D eigenvalue weighted by Gasteiger charge is 2.07. The average Bonchev–Trinajstić information content (AvgIpc) is 2.56. The van der Waals surface area contributed by atoms with E-state index in [1.807, 2.05) is 0 Å². The first kappa shape index (κ1) is 18.8. The van der Waals surface area contributed by atoms with E-state index in [2.05, 4.69) is 17.0 Å². The molecular weight excluding hydrogens is 340 g/mol. The zero-order valence-corrected chi connectivity index (χ0v) is 15.1. The Hall–Kier alpha value is -2.54. The van der Waals surface area contributed by atoms with Crippen molar-refractivity contribution in [3.63, 3.8) is 0 Å². The molecule has 2 aromatic carbocycles. The number of carbonyl (C=O) groups excluding carboxylic acids is 1. The molecule has 134 valence electrons. The fourth-order valence-corrected chi connectivity index (χ4v) is 2.64. The van der Waals surface area contributed by atoms with Crippen LogP contribution < -0.4 is 14.8 Å². The second kappa shape index (κ2) is 8.53. The van der Waals surface area contributed by atoms with Crippen molar-refractivity contribution < 1.29 is 17.9 Å². The lowest BCUT2D eigenvalue weighted by Gasteiger charge is -2.09. The van der Waals surface area contributed by atoms with Crippen LogP contribution in [0.5, 0.6) is 5.75 Å². The fourth-order valence-electron chi connectivity index (χ4n) is 2.08. The number of benzene rings is 2. The number of amides is 1. The maximum Gasteiger partial charge on any atom is 0.255 e. The van der Waals surface area contributed by atoms with Gasteiger partial charge in [-0.3, -0.25) is 9.52 Å². The Kier molecular flexibility index (Phi) is 6.41. The van der Waals surface area contributed by atoms with E-state index in [4.69, 9.17) is 4.74 Å². The van der Waals surface area contributed by atoms with Crippen LogP contribution in [0.25, 0.3) is 0 Å². The molecule has 0 aromatic heterocycles. The van der Waals surface area contributed by atoms with Crippen LogP contribution in [0.1, 0.15) is 30.1 Å². The van der Waals surface area contributed by atoms with Gasteiger partial charge in [-0.15, -0.1) is 0 Å². The topological polar surface area (TPSA) is 84.5 Å². The molecular formula is C18H22N2O4S. The van der Waals surface area contributed by atoms with Gasteiger partial charge in [0.2, 0.25) is 10.0 Å².